The van der Waals surface area contributed by atoms with Crippen molar-refractivity contribution in [3.8, 4) is 28.1 Å². The second-order valence-electron chi connectivity index (χ2n) is 8.10. The van der Waals surface area contributed by atoms with Crippen LogP contribution < -0.4 is 21.1 Å². The molecule has 11 heteroatoms. The molecule has 0 bridgehead atoms. The molecule has 1 aromatic heterocycles. The van der Waals surface area contributed by atoms with Gasteiger partial charge in [0.1, 0.15) is 11.4 Å². The molecule has 1 amide bonds. The van der Waals surface area contributed by atoms with Gasteiger partial charge in [-0.2, -0.15) is 0 Å². The summed E-state index contributed by atoms with van der Waals surface area (Å²) in [5, 5.41) is 13.0. The van der Waals surface area contributed by atoms with Crippen LogP contribution in [0.2, 0.25) is 0 Å². The number of guanidine groups is 1. The molecule has 186 valence electrons. The van der Waals surface area contributed by atoms with E-state index in [4.69, 9.17) is 11.1 Å². The Morgan fingerprint density at radius 3 is 2.60 bits per heavy atom. The summed E-state index contributed by atoms with van der Waals surface area (Å²) in [7, 11) is 0. The highest BCUT2D eigenvalue weighted by molar-refractivity contribution is 5.98. The standard InChI is InChI=1S/C24H24F3N5O2.ClH/c1-14-4-2-6-16(10-14)21-19(15-5-3-7-18(11-15)34-24(25,26)27)12-20-22(33)31-13-17(32(20)21)8-9-30-23(28)29;/h2-7,10-12,17H,8-9,13H2,1H3,(H,31,33)(H4,28,29,30);1H/t17-;/m0./s1. The molecule has 5 N–H and O–H groups in total. The van der Waals surface area contributed by atoms with E-state index in [1.807, 2.05) is 35.8 Å². The van der Waals surface area contributed by atoms with Gasteiger partial charge in [-0.3, -0.25) is 10.2 Å². The number of nitrogens with two attached hydrogens (primary N) is 1. The van der Waals surface area contributed by atoms with Crippen LogP contribution in [0.25, 0.3) is 22.4 Å². The fourth-order valence-corrected chi connectivity index (χ4v) is 4.24. The monoisotopic (exact) mass is 507 g/mol. The Balaban J connectivity index is 0.00000342. The van der Waals surface area contributed by atoms with Crippen LogP contribution in [-0.2, 0) is 0 Å². The van der Waals surface area contributed by atoms with Crippen molar-refractivity contribution in [3.63, 3.8) is 0 Å². The van der Waals surface area contributed by atoms with Crippen molar-refractivity contribution in [1.29, 1.82) is 5.41 Å². The minimum absolute atomic E-state index is 0. The Hall–Kier alpha value is -3.66. The number of aryl methyl sites for hydroxylation is 1. The third-order valence-electron chi connectivity index (χ3n) is 5.60. The first kappa shape index (κ1) is 26.0. The molecule has 0 saturated heterocycles. The highest BCUT2D eigenvalue weighted by atomic mass is 35.5. The van der Waals surface area contributed by atoms with Gasteiger partial charge in [0.05, 0.1) is 11.7 Å². The summed E-state index contributed by atoms with van der Waals surface area (Å²) < 4.78 is 44.5. The molecule has 0 spiro atoms. The van der Waals surface area contributed by atoms with Crippen molar-refractivity contribution < 1.29 is 22.7 Å². The average molecular weight is 508 g/mol. The number of benzene rings is 2. The second-order valence-corrected chi connectivity index (χ2v) is 8.10. The third-order valence-corrected chi connectivity index (χ3v) is 5.60. The number of halogens is 4. The number of ether oxygens (including phenoxy) is 1. The van der Waals surface area contributed by atoms with Crippen LogP contribution in [0, 0.1) is 12.3 Å². The molecule has 2 heterocycles. The molecule has 4 rings (SSSR count). The first-order valence-electron chi connectivity index (χ1n) is 10.7. The molecule has 1 aliphatic rings. The number of carbonyl (C=O) groups is 1. The van der Waals surface area contributed by atoms with Gasteiger partial charge in [0.15, 0.2) is 5.96 Å². The summed E-state index contributed by atoms with van der Waals surface area (Å²) in [5.41, 5.74) is 9.49. The van der Waals surface area contributed by atoms with Crippen LogP contribution in [0.1, 0.15) is 28.5 Å². The maximum absolute atomic E-state index is 12.8. The lowest BCUT2D eigenvalue weighted by Gasteiger charge is -2.29. The van der Waals surface area contributed by atoms with Crippen LogP contribution in [-0.4, -0.2) is 35.9 Å². The molecule has 0 unspecified atom stereocenters. The molecular weight excluding hydrogens is 483 g/mol. The second kappa shape index (κ2) is 10.3. The Labute approximate surface area is 206 Å². The average Bonchev–Trinajstić information content (AvgIpc) is 3.16. The van der Waals surface area contributed by atoms with Crippen LogP contribution >= 0.6 is 12.4 Å². The predicted molar refractivity (Wildman–Crippen MR) is 130 cm³/mol. The zero-order valence-electron chi connectivity index (χ0n) is 18.8. The Kier molecular flexibility index (Phi) is 7.64. The number of hydrogen-bond donors (Lipinski definition) is 4. The van der Waals surface area contributed by atoms with Gasteiger partial charge >= 0.3 is 6.36 Å². The molecular formula is C24H25ClF3N5O2. The molecule has 0 fully saturated rings. The molecule has 0 aliphatic carbocycles. The summed E-state index contributed by atoms with van der Waals surface area (Å²) in [6.45, 7) is 2.74. The zero-order chi connectivity index (χ0) is 24.5. The fraction of sp³-hybridized carbons (Fsp3) is 0.250. The number of carbonyl (C=O) groups excluding carboxylic acids is 1. The van der Waals surface area contributed by atoms with Crippen molar-refractivity contribution in [1.82, 2.24) is 15.2 Å². The van der Waals surface area contributed by atoms with Crippen molar-refractivity contribution in [2.75, 3.05) is 13.1 Å². The summed E-state index contributed by atoms with van der Waals surface area (Å²) in [6.07, 6.45) is -4.25. The van der Waals surface area contributed by atoms with Gasteiger partial charge < -0.3 is 25.7 Å². The Morgan fingerprint density at radius 2 is 1.91 bits per heavy atom. The fourth-order valence-electron chi connectivity index (χ4n) is 4.24. The SMILES string of the molecule is Cc1cccc(-c2c(-c3cccc(OC(F)(F)F)c3)cc3n2[C@@H](CCNC(=N)N)CNC3=O)c1.Cl. The predicted octanol–water partition coefficient (Wildman–Crippen LogP) is 4.61. The van der Waals surface area contributed by atoms with E-state index >= 15 is 0 Å². The van der Waals surface area contributed by atoms with E-state index in [1.54, 1.807) is 12.1 Å². The number of nitrogens with zero attached hydrogens (tertiary/aromatic N) is 1. The number of rotatable bonds is 6. The van der Waals surface area contributed by atoms with E-state index < -0.39 is 6.36 Å². The highest BCUT2D eigenvalue weighted by Crippen LogP contribution is 2.40. The summed E-state index contributed by atoms with van der Waals surface area (Å²) in [5.74, 6) is -0.747. The van der Waals surface area contributed by atoms with Crippen molar-refractivity contribution >= 4 is 24.3 Å². The van der Waals surface area contributed by atoms with Gasteiger partial charge in [-0.1, -0.05) is 35.9 Å². The smallest absolute Gasteiger partial charge is 0.406 e. The number of hydrogen-bond acceptors (Lipinski definition) is 3. The van der Waals surface area contributed by atoms with Crippen LogP contribution in [0.5, 0.6) is 5.75 Å². The molecule has 3 aromatic rings. The van der Waals surface area contributed by atoms with Crippen LogP contribution in [0.4, 0.5) is 13.2 Å². The van der Waals surface area contributed by atoms with E-state index in [9.17, 15) is 18.0 Å². The van der Waals surface area contributed by atoms with Crippen molar-refractivity contribution in [3.05, 3.63) is 65.9 Å². The Morgan fingerprint density at radius 1 is 1.20 bits per heavy atom. The maximum Gasteiger partial charge on any atom is 0.573 e. The zero-order valence-corrected chi connectivity index (χ0v) is 19.6. The van der Waals surface area contributed by atoms with E-state index in [-0.39, 0.29) is 36.1 Å². The summed E-state index contributed by atoms with van der Waals surface area (Å²) >= 11 is 0. The Bertz CT molecular complexity index is 1240. The lowest BCUT2D eigenvalue weighted by atomic mass is 9.99. The lowest BCUT2D eigenvalue weighted by Crippen LogP contribution is -2.41. The highest BCUT2D eigenvalue weighted by Gasteiger charge is 2.33. The quantitative estimate of drug-likeness (QED) is 0.289. The molecule has 1 atom stereocenters. The van der Waals surface area contributed by atoms with E-state index in [1.165, 1.54) is 18.2 Å². The minimum atomic E-state index is -4.81. The van der Waals surface area contributed by atoms with Crippen molar-refractivity contribution in [2.24, 2.45) is 5.73 Å². The van der Waals surface area contributed by atoms with Gasteiger partial charge in [0, 0.05) is 18.7 Å². The number of amides is 1. The van der Waals surface area contributed by atoms with Crippen LogP contribution in [0.3, 0.4) is 0 Å². The third kappa shape index (κ3) is 5.89. The van der Waals surface area contributed by atoms with Gasteiger partial charge in [-0.15, -0.1) is 25.6 Å². The molecule has 7 nitrogen and oxygen atoms in total. The molecule has 1 aliphatic heterocycles. The molecule has 35 heavy (non-hydrogen) atoms. The first-order valence-corrected chi connectivity index (χ1v) is 10.7. The number of alkyl halides is 3. The van der Waals surface area contributed by atoms with Crippen LogP contribution in [0.15, 0.2) is 54.6 Å². The number of nitrogens with one attached hydrogen (secondary N) is 3. The lowest BCUT2D eigenvalue weighted by molar-refractivity contribution is -0.274. The van der Waals surface area contributed by atoms with E-state index in [2.05, 4.69) is 15.4 Å². The van der Waals surface area contributed by atoms with Gasteiger partial charge in [-0.05, 0) is 48.7 Å². The largest absolute Gasteiger partial charge is 0.573 e. The van der Waals surface area contributed by atoms with E-state index in [0.717, 1.165) is 16.8 Å². The maximum atomic E-state index is 12.8. The molecule has 2 aromatic carbocycles. The first-order chi connectivity index (χ1) is 16.1. The normalized spacial score (nSPS) is 15.0. The van der Waals surface area contributed by atoms with Gasteiger partial charge in [-0.25, -0.2) is 0 Å². The van der Waals surface area contributed by atoms with E-state index in [0.29, 0.717) is 36.3 Å². The van der Waals surface area contributed by atoms with Gasteiger partial charge in [0.25, 0.3) is 5.91 Å². The summed E-state index contributed by atoms with van der Waals surface area (Å²) in [6, 6.07) is 15.0. The number of aromatic nitrogens is 1. The molecule has 0 radical (unpaired) electrons. The summed E-state index contributed by atoms with van der Waals surface area (Å²) in [4.78, 5) is 12.8. The topological polar surface area (TPSA) is 105 Å². The van der Waals surface area contributed by atoms with Gasteiger partial charge in [0.2, 0.25) is 0 Å². The molecule has 0 saturated carbocycles. The number of fused-ring (bicyclic) bond motifs is 1. The van der Waals surface area contributed by atoms with Crippen molar-refractivity contribution in [2.45, 2.75) is 25.7 Å². The minimum Gasteiger partial charge on any atom is -0.406 e.